The second-order valence-electron chi connectivity index (χ2n) is 4.19. The molecule has 0 aromatic heterocycles. The molecule has 0 aromatic carbocycles. The molecule has 1 rings (SSSR count). The van der Waals surface area contributed by atoms with Gasteiger partial charge in [0.05, 0.1) is 0 Å². The van der Waals surface area contributed by atoms with Crippen molar-refractivity contribution in [3.8, 4) is 0 Å². The minimum absolute atomic E-state index is 0.554. The van der Waals surface area contributed by atoms with Crippen molar-refractivity contribution < 1.29 is 0 Å². The minimum atomic E-state index is 0.554. The van der Waals surface area contributed by atoms with Gasteiger partial charge in [0.15, 0.2) is 0 Å². The largest absolute Gasteiger partial charge is 0.160 e. The minimum Gasteiger partial charge on any atom is -0.160 e. The topological polar surface area (TPSA) is 24.7 Å². The summed E-state index contributed by atoms with van der Waals surface area (Å²) in [6.45, 7) is 8.78. The molecule has 68 valence electrons. The maximum Gasteiger partial charge on any atom is 0.0487 e. The van der Waals surface area contributed by atoms with Crippen LogP contribution in [-0.2, 0) is 0 Å². The Morgan fingerprint density at radius 1 is 1.17 bits per heavy atom. The fraction of sp³-hybridized carbons (Fsp3) is 0.800. The molecule has 0 fully saturated rings. The zero-order valence-corrected chi connectivity index (χ0v) is 8.46. The van der Waals surface area contributed by atoms with Crippen LogP contribution in [-0.4, -0.2) is 11.4 Å². The summed E-state index contributed by atoms with van der Waals surface area (Å²) in [5.74, 6) is 1.25. The van der Waals surface area contributed by atoms with E-state index in [0.717, 1.165) is 12.8 Å². The van der Waals surface area contributed by atoms with Crippen molar-refractivity contribution in [2.24, 2.45) is 22.0 Å². The second kappa shape index (κ2) is 3.83. The molecule has 1 aliphatic heterocycles. The van der Waals surface area contributed by atoms with Gasteiger partial charge in [0, 0.05) is 17.8 Å². The summed E-state index contributed by atoms with van der Waals surface area (Å²) in [6, 6.07) is 0. The van der Waals surface area contributed by atoms with Crippen molar-refractivity contribution in [3.05, 3.63) is 0 Å². The molecule has 0 spiro atoms. The molecule has 0 saturated carbocycles. The first-order valence-corrected chi connectivity index (χ1v) is 4.71. The van der Waals surface area contributed by atoms with Crippen molar-refractivity contribution in [1.82, 2.24) is 0 Å². The molecular weight excluding hydrogens is 148 g/mol. The highest BCUT2D eigenvalue weighted by molar-refractivity contribution is 6.08. The summed E-state index contributed by atoms with van der Waals surface area (Å²) in [7, 11) is 0. The van der Waals surface area contributed by atoms with Crippen LogP contribution in [0, 0.1) is 11.8 Å². The lowest BCUT2D eigenvalue weighted by atomic mass is 9.98. The normalized spacial score (nSPS) is 17.2. The zero-order chi connectivity index (χ0) is 9.14. The van der Waals surface area contributed by atoms with Gasteiger partial charge in [-0.1, -0.05) is 27.7 Å². The number of nitrogens with zero attached hydrogens (tertiary/aromatic N) is 2. The maximum absolute atomic E-state index is 4.18. The Kier molecular flexibility index (Phi) is 3.01. The lowest BCUT2D eigenvalue weighted by molar-refractivity contribution is 0.680. The van der Waals surface area contributed by atoms with Gasteiger partial charge in [-0.2, -0.15) is 10.2 Å². The van der Waals surface area contributed by atoms with Crippen LogP contribution in [0.25, 0.3) is 0 Å². The molecule has 2 nitrogen and oxygen atoms in total. The Bertz CT molecular complexity index is 212. The molecule has 0 aliphatic carbocycles. The van der Waals surface area contributed by atoms with E-state index in [1.54, 1.807) is 0 Å². The summed E-state index contributed by atoms with van der Waals surface area (Å²) in [6.07, 6.45) is 2.11. The molecule has 12 heavy (non-hydrogen) atoms. The molecule has 2 heteroatoms. The molecule has 0 aromatic rings. The summed E-state index contributed by atoms with van der Waals surface area (Å²) >= 11 is 0. The van der Waals surface area contributed by atoms with E-state index in [-0.39, 0.29) is 0 Å². The van der Waals surface area contributed by atoms with Crippen LogP contribution in [0.3, 0.4) is 0 Å². The Morgan fingerprint density at radius 3 is 2.25 bits per heavy atom. The van der Waals surface area contributed by atoms with Gasteiger partial charge in [-0.3, -0.25) is 0 Å². The van der Waals surface area contributed by atoms with E-state index in [1.807, 2.05) is 0 Å². The van der Waals surface area contributed by atoms with Crippen LogP contribution in [0.15, 0.2) is 10.2 Å². The van der Waals surface area contributed by atoms with Crippen molar-refractivity contribution in [1.29, 1.82) is 0 Å². The third kappa shape index (κ3) is 2.43. The monoisotopic (exact) mass is 166 g/mol. The van der Waals surface area contributed by atoms with Crippen LogP contribution in [0.5, 0.6) is 0 Å². The highest BCUT2D eigenvalue weighted by Gasteiger charge is 2.15. The molecule has 0 unspecified atom stereocenters. The summed E-state index contributed by atoms with van der Waals surface area (Å²) < 4.78 is 0. The smallest absolute Gasteiger partial charge is 0.0487 e. The molecule has 0 amide bonds. The van der Waals surface area contributed by atoms with Crippen LogP contribution in [0.2, 0.25) is 0 Å². The number of hydrogen-bond acceptors (Lipinski definition) is 2. The first-order valence-electron chi connectivity index (χ1n) is 4.71. The Hall–Kier alpha value is -0.660. The van der Waals surface area contributed by atoms with Gasteiger partial charge in [-0.25, -0.2) is 0 Å². The van der Waals surface area contributed by atoms with Crippen molar-refractivity contribution in [3.63, 3.8) is 0 Å². The molecule has 0 saturated heterocycles. The van der Waals surface area contributed by atoms with Gasteiger partial charge < -0.3 is 0 Å². The van der Waals surface area contributed by atoms with E-state index in [2.05, 4.69) is 37.9 Å². The third-order valence-corrected chi connectivity index (χ3v) is 2.02. The van der Waals surface area contributed by atoms with Crippen molar-refractivity contribution in [2.75, 3.05) is 0 Å². The van der Waals surface area contributed by atoms with E-state index in [1.165, 1.54) is 11.4 Å². The van der Waals surface area contributed by atoms with Gasteiger partial charge in [-0.15, -0.1) is 0 Å². The predicted octanol–water partition coefficient (Wildman–Crippen LogP) is 2.89. The fourth-order valence-corrected chi connectivity index (χ4v) is 1.32. The molecule has 0 radical (unpaired) electrons. The quantitative estimate of drug-likeness (QED) is 0.616. The van der Waals surface area contributed by atoms with Gasteiger partial charge in [-0.05, 0) is 18.3 Å². The first kappa shape index (κ1) is 9.43. The number of hydrogen-bond donors (Lipinski definition) is 0. The van der Waals surface area contributed by atoms with E-state index in [9.17, 15) is 0 Å². The van der Waals surface area contributed by atoms with E-state index < -0.39 is 0 Å². The third-order valence-electron chi connectivity index (χ3n) is 2.02. The highest BCUT2D eigenvalue weighted by atomic mass is 15.2. The predicted molar refractivity (Wildman–Crippen MR) is 53.8 cm³/mol. The van der Waals surface area contributed by atoms with Gasteiger partial charge >= 0.3 is 0 Å². The Balaban J connectivity index is 2.40. The summed E-state index contributed by atoms with van der Waals surface area (Å²) in [4.78, 5) is 0. The van der Waals surface area contributed by atoms with Crippen molar-refractivity contribution >= 4 is 11.4 Å². The standard InChI is InChI=1S/C10H18N2/c1-7(2)5-9-6-10(8(3)4)12-11-9/h7-8H,5-6H2,1-4H3. The SMILES string of the molecule is CC(C)CC1=NN=C(C(C)C)C1. The molecular formula is C10H18N2. The van der Waals surface area contributed by atoms with Gasteiger partial charge in [0.25, 0.3) is 0 Å². The molecule has 0 atom stereocenters. The van der Waals surface area contributed by atoms with Crippen LogP contribution >= 0.6 is 0 Å². The summed E-state index contributed by atoms with van der Waals surface area (Å²) in [5.41, 5.74) is 2.50. The van der Waals surface area contributed by atoms with E-state index >= 15 is 0 Å². The molecule has 1 heterocycles. The Morgan fingerprint density at radius 2 is 1.83 bits per heavy atom. The van der Waals surface area contributed by atoms with Gasteiger partial charge in [0.2, 0.25) is 0 Å². The number of rotatable bonds is 3. The van der Waals surface area contributed by atoms with E-state index in [0.29, 0.717) is 11.8 Å². The van der Waals surface area contributed by atoms with E-state index in [4.69, 9.17) is 0 Å². The average Bonchev–Trinajstić information content (AvgIpc) is 2.34. The molecule has 1 aliphatic rings. The van der Waals surface area contributed by atoms with Gasteiger partial charge in [0.1, 0.15) is 0 Å². The first-order chi connectivity index (χ1) is 5.59. The molecule has 0 bridgehead atoms. The highest BCUT2D eigenvalue weighted by Crippen LogP contribution is 2.15. The average molecular weight is 166 g/mol. The second-order valence-corrected chi connectivity index (χ2v) is 4.19. The lowest BCUT2D eigenvalue weighted by Crippen LogP contribution is -2.10. The summed E-state index contributed by atoms with van der Waals surface area (Å²) in [5, 5.41) is 8.36. The van der Waals surface area contributed by atoms with Crippen molar-refractivity contribution in [2.45, 2.75) is 40.5 Å². The zero-order valence-electron chi connectivity index (χ0n) is 8.46. The van der Waals surface area contributed by atoms with Crippen LogP contribution in [0.1, 0.15) is 40.5 Å². The lowest BCUT2D eigenvalue weighted by Gasteiger charge is -2.05. The van der Waals surface area contributed by atoms with Crippen LogP contribution in [0.4, 0.5) is 0 Å². The molecule has 0 N–H and O–H groups in total. The Labute approximate surface area is 74.8 Å². The van der Waals surface area contributed by atoms with Crippen LogP contribution < -0.4 is 0 Å². The maximum atomic E-state index is 4.18. The fourth-order valence-electron chi connectivity index (χ4n) is 1.32.